The molecule has 0 saturated heterocycles. The molecule has 1 N–H and O–H groups in total. The molecule has 37 heavy (non-hydrogen) atoms. The van der Waals surface area contributed by atoms with Gasteiger partial charge in [-0.05, 0) is 78.6 Å². The van der Waals surface area contributed by atoms with Crippen molar-refractivity contribution in [3.63, 3.8) is 0 Å². The van der Waals surface area contributed by atoms with E-state index in [0.29, 0.717) is 22.9 Å². The van der Waals surface area contributed by atoms with E-state index in [1.165, 1.54) is 6.08 Å². The minimum atomic E-state index is -1.19. The van der Waals surface area contributed by atoms with Crippen molar-refractivity contribution >= 4 is 28.5 Å². The molecule has 0 radical (unpaired) electrons. The second-order valence-electron chi connectivity index (χ2n) is 8.50. The molecule has 1 amide bonds. The number of anilines is 1. The van der Waals surface area contributed by atoms with E-state index in [2.05, 4.69) is 17.2 Å². The van der Waals surface area contributed by atoms with Crippen molar-refractivity contribution in [2.75, 3.05) is 11.9 Å². The molecule has 0 unspecified atom stereocenters. The number of nitrogens with zero attached hydrogens (tertiary/aromatic N) is 2. The number of rotatable bonds is 11. The number of carbonyl (C=O) groups excluding carboxylic acids is 1. The topological polar surface area (TPSA) is 73.2 Å². The molecule has 0 aliphatic carbocycles. The normalized spacial score (nSPS) is 11.9. The molecule has 6 nitrogen and oxygen atoms in total. The largest absolute Gasteiger partial charge is 0.494 e. The summed E-state index contributed by atoms with van der Waals surface area (Å²) in [5.41, 5.74) is 4.67. The highest BCUT2D eigenvalue weighted by Gasteiger charge is 2.10. The zero-order valence-corrected chi connectivity index (χ0v) is 21.9. The summed E-state index contributed by atoms with van der Waals surface area (Å²) in [6.45, 7) is 5.56. The van der Waals surface area contributed by atoms with Crippen molar-refractivity contribution in [1.82, 2.24) is 9.55 Å². The third-order valence-electron chi connectivity index (χ3n) is 5.74. The van der Waals surface area contributed by atoms with E-state index in [1.54, 1.807) is 42.9 Å². The molecule has 1 aromatic heterocycles. The van der Waals surface area contributed by atoms with Crippen LogP contribution in [0.5, 0.6) is 5.75 Å². The summed E-state index contributed by atoms with van der Waals surface area (Å²) in [4.78, 5) is 17.4. The lowest BCUT2D eigenvalue weighted by molar-refractivity contribution is -0.111. The second kappa shape index (κ2) is 12.8. The highest BCUT2D eigenvalue weighted by Crippen LogP contribution is 2.24. The molecule has 7 heteroatoms. The smallest absolute Gasteiger partial charge is 0.248 e. The van der Waals surface area contributed by atoms with Gasteiger partial charge in [-0.25, -0.2) is 4.98 Å². The lowest BCUT2D eigenvalue weighted by Crippen LogP contribution is -2.08. The number of hydrogen-bond acceptors (Lipinski definition) is 4. The average molecular weight is 514 g/mol. The lowest BCUT2D eigenvalue weighted by Gasteiger charge is -2.08. The van der Waals surface area contributed by atoms with E-state index in [9.17, 15) is 9.00 Å². The minimum Gasteiger partial charge on any atom is -0.494 e. The van der Waals surface area contributed by atoms with Gasteiger partial charge in [0.2, 0.25) is 5.91 Å². The van der Waals surface area contributed by atoms with Crippen molar-refractivity contribution in [2.24, 2.45) is 0 Å². The standard InChI is InChI=1S/C30H31N3O3S/c1-3-18-33-22-31-20-27(33)21-37(35)29-15-11-26(12-16-29)32-30(34)17-8-23-6-5-7-25(19-23)24-9-13-28(14-10-24)36-4-2/h5-17,19-20,22H,3-4,18,21H2,1-2H3,(H,32,34)/b17-8+/t37-/m1/s1. The maximum absolute atomic E-state index is 12.8. The van der Waals surface area contributed by atoms with E-state index >= 15 is 0 Å². The summed E-state index contributed by atoms with van der Waals surface area (Å²) in [6.07, 6.45) is 7.84. The molecule has 190 valence electrons. The van der Waals surface area contributed by atoms with Crippen LogP contribution in [-0.4, -0.2) is 26.3 Å². The van der Waals surface area contributed by atoms with Crippen LogP contribution < -0.4 is 10.1 Å². The van der Waals surface area contributed by atoms with E-state index in [-0.39, 0.29) is 5.91 Å². The lowest BCUT2D eigenvalue weighted by atomic mass is 10.0. The summed E-state index contributed by atoms with van der Waals surface area (Å²) in [5, 5.41) is 2.86. The molecule has 1 atom stereocenters. The second-order valence-corrected chi connectivity index (χ2v) is 9.95. The Morgan fingerprint density at radius 2 is 1.81 bits per heavy atom. The molecule has 0 bridgehead atoms. The van der Waals surface area contributed by atoms with Gasteiger partial charge in [0, 0.05) is 29.4 Å². The van der Waals surface area contributed by atoms with Crippen molar-refractivity contribution in [1.29, 1.82) is 0 Å². The molecule has 3 aromatic carbocycles. The predicted molar refractivity (Wildman–Crippen MR) is 150 cm³/mol. The number of amides is 1. The van der Waals surface area contributed by atoms with Crippen molar-refractivity contribution < 1.29 is 13.7 Å². The van der Waals surface area contributed by atoms with Gasteiger partial charge in [0.1, 0.15) is 5.75 Å². The number of nitrogens with one attached hydrogen (secondary N) is 1. The number of ether oxygens (including phenoxy) is 1. The van der Waals surface area contributed by atoms with E-state index in [4.69, 9.17) is 4.74 Å². The van der Waals surface area contributed by atoms with Gasteiger partial charge < -0.3 is 14.6 Å². The van der Waals surface area contributed by atoms with E-state index in [0.717, 1.165) is 41.1 Å². The van der Waals surface area contributed by atoms with Crippen LogP contribution in [0.4, 0.5) is 5.69 Å². The first-order valence-electron chi connectivity index (χ1n) is 12.4. The molecule has 0 aliphatic heterocycles. The quantitative estimate of drug-likeness (QED) is 0.238. The fourth-order valence-electron chi connectivity index (χ4n) is 3.91. The molecule has 4 aromatic rings. The van der Waals surface area contributed by atoms with Gasteiger partial charge in [-0.15, -0.1) is 0 Å². The Morgan fingerprint density at radius 1 is 1.03 bits per heavy atom. The molecule has 1 heterocycles. The van der Waals surface area contributed by atoms with Crippen LogP contribution in [0.2, 0.25) is 0 Å². The van der Waals surface area contributed by atoms with Gasteiger partial charge in [-0.1, -0.05) is 37.3 Å². The average Bonchev–Trinajstić information content (AvgIpc) is 3.35. The number of aromatic nitrogens is 2. The van der Waals surface area contributed by atoms with Gasteiger partial charge in [-0.3, -0.25) is 9.00 Å². The number of aryl methyl sites for hydroxylation is 1. The Morgan fingerprint density at radius 3 is 2.54 bits per heavy atom. The molecule has 0 aliphatic rings. The Labute approximate surface area is 220 Å². The van der Waals surface area contributed by atoms with Gasteiger partial charge in [-0.2, -0.15) is 0 Å². The van der Waals surface area contributed by atoms with Crippen LogP contribution in [0, 0.1) is 0 Å². The van der Waals surface area contributed by atoms with E-state index in [1.807, 2.05) is 60.0 Å². The molecule has 4 rings (SSSR count). The molecule has 0 saturated carbocycles. The molecule has 0 spiro atoms. The Kier molecular flexibility index (Phi) is 9.05. The maximum atomic E-state index is 12.8. The van der Waals surface area contributed by atoms with Crippen LogP contribution in [0.25, 0.3) is 17.2 Å². The van der Waals surface area contributed by atoms with Crippen molar-refractivity contribution in [3.8, 4) is 16.9 Å². The van der Waals surface area contributed by atoms with Crippen LogP contribution in [-0.2, 0) is 27.9 Å². The Balaban J connectivity index is 1.34. The fraction of sp³-hybridized carbons (Fsp3) is 0.200. The zero-order valence-electron chi connectivity index (χ0n) is 21.1. The number of benzene rings is 3. The number of carbonyl (C=O) groups is 1. The van der Waals surface area contributed by atoms with Gasteiger partial charge >= 0.3 is 0 Å². The summed E-state index contributed by atoms with van der Waals surface area (Å²) in [5.74, 6) is 1.02. The zero-order chi connectivity index (χ0) is 26.0. The summed E-state index contributed by atoms with van der Waals surface area (Å²) < 4.78 is 20.3. The van der Waals surface area contributed by atoms with Crippen LogP contribution >= 0.6 is 0 Å². The molecule has 0 fully saturated rings. The van der Waals surface area contributed by atoms with Gasteiger partial charge in [0.25, 0.3) is 0 Å². The number of hydrogen-bond donors (Lipinski definition) is 1. The van der Waals surface area contributed by atoms with Crippen LogP contribution in [0.1, 0.15) is 31.5 Å². The van der Waals surface area contributed by atoms with Gasteiger partial charge in [0.05, 0.1) is 35.2 Å². The number of imidazole rings is 1. The fourth-order valence-corrected chi connectivity index (χ4v) is 5.02. The SMILES string of the molecule is CCCn1cncc1C[S@@](=O)c1ccc(NC(=O)/C=C/c2cccc(-c3ccc(OCC)cc3)c2)cc1. The predicted octanol–water partition coefficient (Wildman–Crippen LogP) is 6.32. The van der Waals surface area contributed by atoms with Gasteiger partial charge in [0.15, 0.2) is 0 Å². The summed E-state index contributed by atoms with van der Waals surface area (Å²) in [7, 11) is -1.19. The Hall–Kier alpha value is -3.97. The third kappa shape index (κ3) is 7.27. The monoisotopic (exact) mass is 513 g/mol. The molecular weight excluding hydrogens is 482 g/mol. The van der Waals surface area contributed by atoms with Crippen molar-refractivity contribution in [2.45, 2.75) is 37.5 Å². The first kappa shape index (κ1) is 26.1. The van der Waals surface area contributed by atoms with Crippen LogP contribution in [0.3, 0.4) is 0 Å². The minimum absolute atomic E-state index is 0.233. The highest BCUT2D eigenvalue weighted by molar-refractivity contribution is 7.84. The summed E-state index contributed by atoms with van der Waals surface area (Å²) in [6, 6.07) is 23.1. The first-order chi connectivity index (χ1) is 18.1. The van der Waals surface area contributed by atoms with Crippen LogP contribution in [0.15, 0.2) is 96.3 Å². The summed E-state index contributed by atoms with van der Waals surface area (Å²) >= 11 is 0. The highest BCUT2D eigenvalue weighted by atomic mass is 32.2. The van der Waals surface area contributed by atoms with E-state index < -0.39 is 10.8 Å². The molecular formula is C30H31N3O3S. The third-order valence-corrected chi connectivity index (χ3v) is 7.10. The first-order valence-corrected chi connectivity index (χ1v) is 13.7. The van der Waals surface area contributed by atoms with Crippen molar-refractivity contribution in [3.05, 3.63) is 103 Å². The Bertz CT molecular complexity index is 1380. The maximum Gasteiger partial charge on any atom is 0.248 e.